The minimum atomic E-state index is 0.0339. The van der Waals surface area contributed by atoms with Crippen molar-refractivity contribution in [3.8, 4) is 5.75 Å². The van der Waals surface area contributed by atoms with E-state index in [1.807, 2.05) is 38.1 Å². The van der Waals surface area contributed by atoms with E-state index < -0.39 is 0 Å². The standard InChI is InChI=1S/C16H26N2O2/c1-11(2)12(3)18-16(19)10-17-13(4)14-6-8-15(20-5)9-7-14/h6-9,11-13,17H,10H2,1-5H3,(H,18,19)/t12?,13-/m0/s1. The molecule has 4 heteroatoms. The molecular weight excluding hydrogens is 252 g/mol. The van der Waals surface area contributed by atoms with Crippen LogP contribution in [0.25, 0.3) is 0 Å². The molecule has 2 N–H and O–H groups in total. The second kappa shape index (κ2) is 7.90. The Balaban J connectivity index is 2.42. The highest BCUT2D eigenvalue weighted by molar-refractivity contribution is 5.78. The van der Waals surface area contributed by atoms with Gasteiger partial charge in [0, 0.05) is 12.1 Å². The lowest BCUT2D eigenvalue weighted by Crippen LogP contribution is -2.41. The van der Waals surface area contributed by atoms with Crippen LogP contribution < -0.4 is 15.4 Å². The molecule has 0 aliphatic heterocycles. The van der Waals surface area contributed by atoms with Gasteiger partial charge >= 0.3 is 0 Å². The smallest absolute Gasteiger partial charge is 0.234 e. The molecule has 2 atom stereocenters. The number of carbonyl (C=O) groups excluding carboxylic acids is 1. The van der Waals surface area contributed by atoms with Crippen molar-refractivity contribution in [2.75, 3.05) is 13.7 Å². The van der Waals surface area contributed by atoms with Gasteiger partial charge in [-0.2, -0.15) is 0 Å². The average Bonchev–Trinajstić information content (AvgIpc) is 2.44. The summed E-state index contributed by atoms with van der Waals surface area (Å²) < 4.78 is 5.13. The van der Waals surface area contributed by atoms with E-state index in [0.29, 0.717) is 12.5 Å². The van der Waals surface area contributed by atoms with Gasteiger partial charge in [0.05, 0.1) is 13.7 Å². The Morgan fingerprint density at radius 3 is 2.25 bits per heavy atom. The Morgan fingerprint density at radius 1 is 1.15 bits per heavy atom. The molecule has 4 nitrogen and oxygen atoms in total. The fourth-order valence-corrected chi connectivity index (χ4v) is 1.73. The largest absolute Gasteiger partial charge is 0.497 e. The van der Waals surface area contributed by atoms with Crippen LogP contribution in [0.15, 0.2) is 24.3 Å². The fraction of sp³-hybridized carbons (Fsp3) is 0.562. The molecule has 0 spiro atoms. The zero-order chi connectivity index (χ0) is 15.1. The van der Waals surface area contributed by atoms with Crippen LogP contribution in [0.3, 0.4) is 0 Å². The quantitative estimate of drug-likeness (QED) is 0.805. The molecular formula is C16H26N2O2. The summed E-state index contributed by atoms with van der Waals surface area (Å²) in [6.07, 6.45) is 0. The summed E-state index contributed by atoms with van der Waals surface area (Å²) in [5.41, 5.74) is 1.13. The highest BCUT2D eigenvalue weighted by atomic mass is 16.5. The summed E-state index contributed by atoms with van der Waals surface area (Å²) in [5.74, 6) is 1.31. The van der Waals surface area contributed by atoms with Crippen LogP contribution in [0.2, 0.25) is 0 Å². The first kappa shape index (κ1) is 16.5. The molecule has 0 heterocycles. The normalized spacial score (nSPS) is 13.9. The van der Waals surface area contributed by atoms with Gasteiger partial charge in [-0.15, -0.1) is 0 Å². The van der Waals surface area contributed by atoms with Crippen LogP contribution in [0.4, 0.5) is 0 Å². The lowest BCUT2D eigenvalue weighted by Gasteiger charge is -2.19. The molecule has 112 valence electrons. The molecule has 1 unspecified atom stereocenters. The van der Waals surface area contributed by atoms with Crippen molar-refractivity contribution < 1.29 is 9.53 Å². The molecule has 0 bridgehead atoms. The topological polar surface area (TPSA) is 50.4 Å². The van der Waals surface area contributed by atoms with Crippen LogP contribution in [0, 0.1) is 5.92 Å². The van der Waals surface area contributed by atoms with Crippen LogP contribution in [0.5, 0.6) is 5.75 Å². The van der Waals surface area contributed by atoms with Gasteiger partial charge in [0.25, 0.3) is 0 Å². The number of nitrogens with one attached hydrogen (secondary N) is 2. The van der Waals surface area contributed by atoms with Crippen LogP contribution in [-0.2, 0) is 4.79 Å². The number of carbonyl (C=O) groups is 1. The predicted octanol–water partition coefficient (Wildman–Crippen LogP) is 2.51. The Kier molecular flexibility index (Phi) is 6.52. The zero-order valence-corrected chi connectivity index (χ0v) is 13.1. The van der Waals surface area contributed by atoms with Crippen molar-refractivity contribution in [1.82, 2.24) is 10.6 Å². The lowest BCUT2D eigenvalue weighted by atomic mass is 10.1. The van der Waals surface area contributed by atoms with Gasteiger partial charge in [0.15, 0.2) is 0 Å². The number of hydrogen-bond acceptors (Lipinski definition) is 3. The third-order valence-corrected chi connectivity index (χ3v) is 3.57. The molecule has 1 aromatic rings. The van der Waals surface area contributed by atoms with E-state index in [9.17, 15) is 4.79 Å². The van der Waals surface area contributed by atoms with Crippen LogP contribution in [0.1, 0.15) is 39.3 Å². The highest BCUT2D eigenvalue weighted by Crippen LogP contribution is 2.16. The average molecular weight is 278 g/mol. The van der Waals surface area contributed by atoms with E-state index in [-0.39, 0.29) is 18.0 Å². The molecule has 0 fully saturated rings. The van der Waals surface area contributed by atoms with Crippen LogP contribution >= 0.6 is 0 Å². The summed E-state index contributed by atoms with van der Waals surface area (Å²) in [6.45, 7) is 8.58. The van der Waals surface area contributed by atoms with Gasteiger partial charge in [-0.1, -0.05) is 26.0 Å². The molecule has 0 saturated carbocycles. The first-order chi connectivity index (χ1) is 9.43. The SMILES string of the molecule is COc1ccc([C@H](C)NCC(=O)NC(C)C(C)C)cc1. The Bertz CT molecular complexity index is 415. The zero-order valence-electron chi connectivity index (χ0n) is 13.1. The monoisotopic (exact) mass is 278 g/mol. The molecule has 1 rings (SSSR count). The van der Waals surface area contributed by atoms with Gasteiger partial charge in [0.2, 0.25) is 5.91 Å². The molecule has 0 radical (unpaired) electrons. The molecule has 0 aliphatic rings. The van der Waals surface area contributed by atoms with Gasteiger partial charge in [0.1, 0.15) is 5.75 Å². The number of ether oxygens (including phenoxy) is 1. The highest BCUT2D eigenvalue weighted by Gasteiger charge is 2.12. The third-order valence-electron chi connectivity index (χ3n) is 3.57. The van der Waals surface area contributed by atoms with Crippen LogP contribution in [-0.4, -0.2) is 25.6 Å². The van der Waals surface area contributed by atoms with E-state index in [1.165, 1.54) is 0 Å². The van der Waals surface area contributed by atoms with E-state index in [2.05, 4.69) is 24.5 Å². The summed E-state index contributed by atoms with van der Waals surface area (Å²) in [4.78, 5) is 11.8. The van der Waals surface area contributed by atoms with Crippen molar-refractivity contribution in [3.05, 3.63) is 29.8 Å². The first-order valence-corrected chi connectivity index (χ1v) is 7.10. The summed E-state index contributed by atoms with van der Waals surface area (Å²) in [6, 6.07) is 8.18. The fourth-order valence-electron chi connectivity index (χ4n) is 1.73. The summed E-state index contributed by atoms with van der Waals surface area (Å²) >= 11 is 0. The van der Waals surface area contributed by atoms with E-state index >= 15 is 0 Å². The third kappa shape index (κ3) is 5.21. The van der Waals surface area contributed by atoms with Gasteiger partial charge in [-0.05, 0) is 37.5 Å². The van der Waals surface area contributed by atoms with Gasteiger partial charge < -0.3 is 15.4 Å². The molecule has 1 aromatic carbocycles. The lowest BCUT2D eigenvalue weighted by molar-refractivity contribution is -0.121. The van der Waals surface area contributed by atoms with Crippen molar-refractivity contribution in [2.24, 2.45) is 5.92 Å². The predicted molar refractivity (Wildman–Crippen MR) is 81.9 cm³/mol. The molecule has 1 amide bonds. The molecule has 0 saturated heterocycles. The molecule has 20 heavy (non-hydrogen) atoms. The second-order valence-corrected chi connectivity index (χ2v) is 5.48. The van der Waals surface area contributed by atoms with Gasteiger partial charge in [-0.25, -0.2) is 0 Å². The Labute approximate surface area is 121 Å². The second-order valence-electron chi connectivity index (χ2n) is 5.48. The van der Waals surface area contributed by atoms with E-state index in [4.69, 9.17) is 4.74 Å². The number of hydrogen-bond donors (Lipinski definition) is 2. The summed E-state index contributed by atoms with van der Waals surface area (Å²) in [7, 11) is 1.65. The van der Waals surface area contributed by atoms with Crippen molar-refractivity contribution in [1.29, 1.82) is 0 Å². The Morgan fingerprint density at radius 2 is 1.75 bits per heavy atom. The van der Waals surface area contributed by atoms with E-state index in [0.717, 1.165) is 11.3 Å². The first-order valence-electron chi connectivity index (χ1n) is 7.10. The number of methoxy groups -OCH3 is 1. The van der Waals surface area contributed by atoms with Crippen molar-refractivity contribution in [3.63, 3.8) is 0 Å². The number of benzene rings is 1. The maximum Gasteiger partial charge on any atom is 0.234 e. The molecule has 0 aromatic heterocycles. The Hall–Kier alpha value is -1.55. The molecule has 0 aliphatic carbocycles. The van der Waals surface area contributed by atoms with Gasteiger partial charge in [-0.3, -0.25) is 4.79 Å². The number of rotatable bonds is 7. The minimum Gasteiger partial charge on any atom is -0.497 e. The minimum absolute atomic E-state index is 0.0339. The maximum atomic E-state index is 11.8. The summed E-state index contributed by atoms with van der Waals surface area (Å²) in [5, 5.41) is 6.21. The van der Waals surface area contributed by atoms with Crippen molar-refractivity contribution in [2.45, 2.75) is 39.8 Å². The van der Waals surface area contributed by atoms with Crippen molar-refractivity contribution >= 4 is 5.91 Å². The number of amides is 1. The van der Waals surface area contributed by atoms with E-state index in [1.54, 1.807) is 7.11 Å². The maximum absolute atomic E-state index is 11.8.